The summed E-state index contributed by atoms with van der Waals surface area (Å²) in [6.07, 6.45) is 12.2. The number of hydrogen-bond donors (Lipinski definition) is 0. The fraction of sp³-hybridized carbons (Fsp3) is 1.00. The van der Waals surface area contributed by atoms with Crippen molar-refractivity contribution >= 4 is 55.9 Å². The van der Waals surface area contributed by atoms with E-state index < -0.39 is 7.18 Å². The predicted molar refractivity (Wildman–Crippen MR) is 92.3 cm³/mol. The Morgan fingerprint density at radius 3 is 1.21 bits per heavy atom. The van der Waals surface area contributed by atoms with Crippen LogP contribution in [0.1, 0.15) is 64.2 Å². The van der Waals surface area contributed by atoms with Crippen LogP contribution in [0.5, 0.6) is 0 Å². The van der Waals surface area contributed by atoms with Crippen LogP contribution in [-0.2, 0) is 7.18 Å². The van der Waals surface area contributed by atoms with E-state index in [2.05, 4.69) is 0 Å². The SMILES string of the molecule is [Cl][Ti]([Cl])([Cl])([Cl])([S]C1CCCCC1)[S]C1CCCCC1. The Morgan fingerprint density at radius 2 is 0.895 bits per heavy atom. The van der Waals surface area contributed by atoms with E-state index in [1.165, 1.54) is 57.2 Å². The van der Waals surface area contributed by atoms with Gasteiger partial charge in [-0.3, -0.25) is 0 Å². The van der Waals surface area contributed by atoms with Gasteiger partial charge in [0.25, 0.3) is 0 Å². The van der Waals surface area contributed by atoms with Crippen molar-refractivity contribution in [1.82, 2.24) is 0 Å². The van der Waals surface area contributed by atoms with Gasteiger partial charge in [0.1, 0.15) is 0 Å². The second-order valence-corrected chi connectivity index (χ2v) is 50.7. The molecule has 0 unspecified atom stereocenters. The van der Waals surface area contributed by atoms with Gasteiger partial charge >= 0.3 is 138 Å². The molecule has 0 aliphatic heterocycles. The molecule has 7 heteroatoms. The van der Waals surface area contributed by atoms with E-state index in [-0.39, 0.29) is 0 Å². The first-order valence-corrected chi connectivity index (χ1v) is 21.4. The van der Waals surface area contributed by atoms with Crippen LogP contribution in [0, 0.1) is 0 Å². The molecule has 0 atom stereocenters. The summed E-state index contributed by atoms with van der Waals surface area (Å²) in [5.74, 6) is 0. The van der Waals surface area contributed by atoms with Gasteiger partial charge in [-0.25, -0.2) is 0 Å². The Bertz CT molecular complexity index is 291. The first kappa shape index (κ1) is 17.9. The quantitative estimate of drug-likeness (QED) is 0.426. The molecular formula is C12H22Cl4S2Ti. The molecular weight excluding hydrogens is 398 g/mol. The van der Waals surface area contributed by atoms with Crippen LogP contribution in [0.15, 0.2) is 0 Å². The molecule has 0 aromatic rings. The third kappa shape index (κ3) is 6.69. The van der Waals surface area contributed by atoms with Gasteiger partial charge in [0.05, 0.1) is 0 Å². The molecule has 2 fully saturated rings. The van der Waals surface area contributed by atoms with Crippen molar-refractivity contribution in [2.45, 2.75) is 74.7 Å². The fourth-order valence-corrected chi connectivity index (χ4v) is 30.5. The van der Waals surface area contributed by atoms with Crippen LogP contribution in [0.4, 0.5) is 0 Å². The van der Waals surface area contributed by atoms with Gasteiger partial charge in [-0.05, 0) is 0 Å². The van der Waals surface area contributed by atoms with Crippen LogP contribution >= 0.6 is 55.9 Å². The monoisotopic (exact) mass is 418 g/mol. The van der Waals surface area contributed by atoms with Gasteiger partial charge in [-0.1, -0.05) is 0 Å². The van der Waals surface area contributed by atoms with Crippen LogP contribution in [-0.4, -0.2) is 10.5 Å². The molecule has 0 amide bonds. The number of halogens is 4. The molecule has 114 valence electrons. The molecule has 0 N–H and O–H groups in total. The molecule has 0 aromatic heterocycles. The van der Waals surface area contributed by atoms with Crippen molar-refractivity contribution in [3.8, 4) is 0 Å². The molecule has 0 saturated heterocycles. The van der Waals surface area contributed by atoms with E-state index in [1.807, 2.05) is 0 Å². The predicted octanol–water partition coefficient (Wildman–Crippen LogP) is 7.79. The third-order valence-electron chi connectivity index (χ3n) is 3.89. The van der Waals surface area contributed by atoms with Gasteiger partial charge in [0, 0.05) is 0 Å². The maximum absolute atomic E-state index is 6.72. The summed E-state index contributed by atoms with van der Waals surface area (Å²) < 4.78 is 0. The molecule has 2 aliphatic carbocycles. The van der Waals surface area contributed by atoms with E-state index >= 15 is 0 Å². The zero-order chi connectivity index (χ0) is 14.0. The van der Waals surface area contributed by atoms with Gasteiger partial charge in [0.15, 0.2) is 0 Å². The Morgan fingerprint density at radius 1 is 0.579 bits per heavy atom. The first-order valence-electron chi connectivity index (χ1n) is 7.27. The molecule has 0 spiro atoms. The molecule has 19 heavy (non-hydrogen) atoms. The van der Waals surface area contributed by atoms with Crippen molar-refractivity contribution in [2.75, 3.05) is 0 Å². The number of rotatable bonds is 4. The second-order valence-electron chi connectivity index (χ2n) is 5.88. The first-order chi connectivity index (χ1) is 8.66. The Hall–Kier alpha value is 2.57. The summed E-state index contributed by atoms with van der Waals surface area (Å²) in [6, 6.07) is 0. The third-order valence-corrected chi connectivity index (χ3v) is 25.0. The molecule has 0 nitrogen and oxygen atoms in total. The van der Waals surface area contributed by atoms with E-state index in [0.29, 0.717) is 10.5 Å². The maximum atomic E-state index is 6.72. The normalized spacial score (nSPS) is 27.8. The average Bonchev–Trinajstić information content (AvgIpc) is 2.28. The van der Waals surface area contributed by atoms with Crippen LogP contribution in [0.2, 0.25) is 0 Å². The fourth-order valence-electron chi connectivity index (χ4n) is 3.03. The Labute approximate surface area is 136 Å². The van der Waals surface area contributed by atoms with Gasteiger partial charge < -0.3 is 0 Å². The Kier molecular flexibility index (Phi) is 5.88. The van der Waals surface area contributed by atoms with Gasteiger partial charge in [-0.2, -0.15) is 0 Å². The molecule has 0 radical (unpaired) electrons. The molecule has 2 saturated carbocycles. The number of hydrogen-bond acceptors (Lipinski definition) is 2. The van der Waals surface area contributed by atoms with Crippen LogP contribution < -0.4 is 0 Å². The van der Waals surface area contributed by atoms with E-state index in [1.54, 1.807) is 0 Å². The summed E-state index contributed by atoms with van der Waals surface area (Å²) in [7, 11) is 25.0. The zero-order valence-corrected chi connectivity index (χ0v) is 17.3. The van der Waals surface area contributed by atoms with Crippen molar-refractivity contribution < 1.29 is 7.18 Å². The van der Waals surface area contributed by atoms with Crippen molar-refractivity contribution in [1.29, 1.82) is 0 Å². The zero-order valence-electron chi connectivity index (χ0n) is 11.1. The summed E-state index contributed by atoms with van der Waals surface area (Å²) in [4.78, 5) is 0. The average molecular weight is 420 g/mol. The molecule has 2 aliphatic rings. The van der Waals surface area contributed by atoms with E-state index in [9.17, 15) is 0 Å². The van der Waals surface area contributed by atoms with E-state index in [0.717, 1.165) is 25.7 Å². The minimum atomic E-state index is -4.96. The van der Waals surface area contributed by atoms with E-state index in [4.69, 9.17) is 37.2 Å². The van der Waals surface area contributed by atoms with Crippen molar-refractivity contribution in [2.24, 2.45) is 0 Å². The second kappa shape index (κ2) is 6.23. The summed E-state index contributed by atoms with van der Waals surface area (Å²) in [5, 5.41) is 0.889. The van der Waals surface area contributed by atoms with Gasteiger partial charge in [0.2, 0.25) is 0 Å². The van der Waals surface area contributed by atoms with Crippen molar-refractivity contribution in [3.63, 3.8) is 0 Å². The Balaban J connectivity index is 2.01. The van der Waals surface area contributed by atoms with Gasteiger partial charge in [-0.15, -0.1) is 0 Å². The summed E-state index contributed by atoms with van der Waals surface area (Å²) in [6.45, 7) is 0. The van der Waals surface area contributed by atoms with Crippen LogP contribution in [0.25, 0.3) is 0 Å². The van der Waals surface area contributed by atoms with Crippen LogP contribution in [0.3, 0.4) is 0 Å². The molecule has 0 bridgehead atoms. The molecule has 0 heterocycles. The molecule has 0 aromatic carbocycles. The topological polar surface area (TPSA) is 0 Å². The standard InChI is InChI=1S/2C6H12S.4ClH.Ti/c2*7-6-4-2-1-3-5-6;;;;;/h2*6-7H,1-5H2;4*1H;/q;;;;;;+6/p-6. The molecule has 2 rings (SSSR count). The van der Waals surface area contributed by atoms with Crippen molar-refractivity contribution in [3.05, 3.63) is 0 Å². The summed E-state index contributed by atoms with van der Waals surface area (Å²) >= 11 is 0. The summed E-state index contributed by atoms with van der Waals surface area (Å²) in [5.41, 5.74) is 0. The minimum absolute atomic E-state index is 0.444.